The van der Waals surface area contributed by atoms with Gasteiger partial charge in [-0.25, -0.2) is 0 Å². The highest BCUT2D eigenvalue weighted by Crippen LogP contribution is 2.30. The molecule has 2 aromatic rings. The molecule has 2 aromatic carbocycles. The highest BCUT2D eigenvalue weighted by atomic mass is 79.9. The molecule has 1 saturated heterocycles. The minimum atomic E-state index is -0.214. The van der Waals surface area contributed by atoms with Crippen LogP contribution in [0.1, 0.15) is 0 Å². The van der Waals surface area contributed by atoms with Crippen molar-refractivity contribution in [3.63, 3.8) is 0 Å². The lowest BCUT2D eigenvalue weighted by Crippen LogP contribution is -2.37. The van der Waals surface area contributed by atoms with Gasteiger partial charge in [0.05, 0.1) is 31.7 Å². The van der Waals surface area contributed by atoms with Crippen LogP contribution in [-0.2, 0) is 9.53 Å². The summed E-state index contributed by atoms with van der Waals surface area (Å²) in [4.78, 5) is 14.5. The first-order chi connectivity index (χ1) is 12.7. The van der Waals surface area contributed by atoms with Gasteiger partial charge in [0.1, 0.15) is 11.5 Å². The number of benzene rings is 2. The van der Waals surface area contributed by atoms with Crippen molar-refractivity contribution in [2.75, 3.05) is 50.2 Å². The maximum atomic E-state index is 12.3. The molecule has 1 amide bonds. The summed E-state index contributed by atoms with van der Waals surface area (Å²) in [6.45, 7) is 2.90. The van der Waals surface area contributed by atoms with Gasteiger partial charge >= 0.3 is 0 Å². The van der Waals surface area contributed by atoms with Gasteiger partial charge in [-0.2, -0.15) is 0 Å². The molecule has 3 rings (SSSR count). The highest BCUT2D eigenvalue weighted by molar-refractivity contribution is 9.10. The van der Waals surface area contributed by atoms with E-state index in [1.54, 1.807) is 31.4 Å². The molecule has 1 heterocycles. The minimum absolute atomic E-state index is 0.0681. The van der Waals surface area contributed by atoms with Crippen LogP contribution in [0.5, 0.6) is 11.5 Å². The summed E-state index contributed by atoms with van der Waals surface area (Å²) in [7, 11) is 1.60. The van der Waals surface area contributed by atoms with Crippen molar-refractivity contribution < 1.29 is 19.0 Å². The normalized spacial score (nSPS) is 14.0. The molecule has 6 nitrogen and oxygen atoms in total. The van der Waals surface area contributed by atoms with E-state index >= 15 is 0 Å². The molecular weight excluding hydrogens is 400 g/mol. The molecule has 0 saturated carbocycles. The van der Waals surface area contributed by atoms with Crippen LogP contribution in [0.2, 0.25) is 0 Å². The van der Waals surface area contributed by atoms with Crippen LogP contribution in [0.25, 0.3) is 0 Å². The number of methoxy groups -OCH3 is 1. The Bertz CT molecular complexity index is 746. The number of hydrogen-bond acceptors (Lipinski definition) is 5. The summed E-state index contributed by atoms with van der Waals surface area (Å²) in [5.74, 6) is 1.14. The zero-order chi connectivity index (χ0) is 18.4. The Labute approximate surface area is 161 Å². The van der Waals surface area contributed by atoms with Crippen LogP contribution >= 0.6 is 15.9 Å². The number of carbonyl (C=O) groups excluding carboxylic acids is 1. The van der Waals surface area contributed by atoms with Gasteiger partial charge in [0.15, 0.2) is 6.61 Å². The Morgan fingerprint density at radius 2 is 1.85 bits per heavy atom. The summed E-state index contributed by atoms with van der Waals surface area (Å²) in [6, 6.07) is 13.0. The van der Waals surface area contributed by atoms with E-state index in [4.69, 9.17) is 14.2 Å². The number of amides is 1. The fourth-order valence-corrected chi connectivity index (χ4v) is 3.06. The van der Waals surface area contributed by atoms with Gasteiger partial charge in [-0.05, 0) is 42.5 Å². The Hall–Kier alpha value is -2.25. The van der Waals surface area contributed by atoms with E-state index in [1.165, 1.54) is 0 Å². The van der Waals surface area contributed by atoms with Crippen LogP contribution in [-0.4, -0.2) is 45.9 Å². The molecule has 1 N–H and O–H groups in total. The SMILES string of the molecule is COc1ccc(OCC(=O)Nc2cc(Br)ccc2N2CCOCC2)cc1. The number of halogens is 1. The lowest BCUT2D eigenvalue weighted by molar-refractivity contribution is -0.118. The Morgan fingerprint density at radius 1 is 1.15 bits per heavy atom. The number of anilines is 2. The average Bonchev–Trinajstić information content (AvgIpc) is 2.67. The lowest BCUT2D eigenvalue weighted by atomic mass is 10.2. The van der Waals surface area contributed by atoms with Crippen molar-refractivity contribution in [1.82, 2.24) is 0 Å². The lowest BCUT2D eigenvalue weighted by Gasteiger charge is -2.30. The molecule has 26 heavy (non-hydrogen) atoms. The van der Waals surface area contributed by atoms with Gasteiger partial charge in [0.2, 0.25) is 0 Å². The van der Waals surface area contributed by atoms with Crippen molar-refractivity contribution in [3.8, 4) is 11.5 Å². The van der Waals surface area contributed by atoms with E-state index in [9.17, 15) is 4.79 Å². The van der Waals surface area contributed by atoms with Crippen molar-refractivity contribution in [2.45, 2.75) is 0 Å². The number of hydrogen-bond donors (Lipinski definition) is 1. The third kappa shape index (κ3) is 4.89. The molecule has 0 atom stereocenters. The van der Waals surface area contributed by atoms with Gasteiger partial charge in [0, 0.05) is 17.6 Å². The van der Waals surface area contributed by atoms with E-state index < -0.39 is 0 Å². The van der Waals surface area contributed by atoms with Crippen LogP contribution in [0.4, 0.5) is 11.4 Å². The first kappa shape index (κ1) is 18.5. The van der Waals surface area contributed by atoms with Gasteiger partial charge in [0.25, 0.3) is 5.91 Å². The summed E-state index contributed by atoms with van der Waals surface area (Å²) in [5.41, 5.74) is 1.74. The number of morpholine rings is 1. The number of nitrogens with zero attached hydrogens (tertiary/aromatic N) is 1. The number of ether oxygens (including phenoxy) is 3. The Kier molecular flexibility index (Phi) is 6.35. The van der Waals surface area contributed by atoms with Gasteiger partial charge < -0.3 is 24.4 Å². The molecule has 0 spiro atoms. The largest absolute Gasteiger partial charge is 0.497 e. The van der Waals surface area contributed by atoms with E-state index in [0.29, 0.717) is 19.0 Å². The molecule has 7 heteroatoms. The predicted octanol–water partition coefficient (Wildman–Crippen LogP) is 3.31. The molecule has 138 valence electrons. The zero-order valence-corrected chi connectivity index (χ0v) is 16.1. The fourth-order valence-electron chi connectivity index (χ4n) is 2.70. The Morgan fingerprint density at radius 3 is 2.54 bits per heavy atom. The van der Waals surface area contributed by atoms with Crippen LogP contribution in [0.15, 0.2) is 46.9 Å². The molecule has 0 radical (unpaired) electrons. The average molecular weight is 421 g/mol. The van der Waals surface area contributed by atoms with Gasteiger partial charge in [-0.3, -0.25) is 4.79 Å². The third-order valence-corrected chi connectivity index (χ3v) is 4.51. The summed E-state index contributed by atoms with van der Waals surface area (Å²) in [5, 5.41) is 2.94. The molecule has 1 fully saturated rings. The first-order valence-corrected chi connectivity index (χ1v) is 9.14. The van der Waals surface area contributed by atoms with Crippen molar-refractivity contribution >= 4 is 33.2 Å². The highest BCUT2D eigenvalue weighted by Gasteiger charge is 2.16. The molecule has 0 bridgehead atoms. The topological polar surface area (TPSA) is 60.0 Å². The zero-order valence-electron chi connectivity index (χ0n) is 14.5. The fraction of sp³-hybridized carbons (Fsp3) is 0.316. The quantitative estimate of drug-likeness (QED) is 0.776. The molecular formula is C19H21BrN2O4. The summed E-state index contributed by atoms with van der Waals surface area (Å²) >= 11 is 3.46. The number of carbonyl (C=O) groups is 1. The molecule has 0 aliphatic carbocycles. The Balaban J connectivity index is 1.63. The molecule has 1 aliphatic rings. The minimum Gasteiger partial charge on any atom is -0.497 e. The van der Waals surface area contributed by atoms with E-state index in [2.05, 4.69) is 26.1 Å². The van der Waals surface area contributed by atoms with Gasteiger partial charge in [-0.1, -0.05) is 15.9 Å². The van der Waals surface area contributed by atoms with E-state index in [-0.39, 0.29) is 12.5 Å². The maximum Gasteiger partial charge on any atom is 0.262 e. The van der Waals surface area contributed by atoms with Gasteiger partial charge in [-0.15, -0.1) is 0 Å². The number of nitrogens with one attached hydrogen (secondary N) is 1. The second-order valence-corrected chi connectivity index (χ2v) is 6.69. The van der Waals surface area contributed by atoms with Crippen molar-refractivity contribution in [2.24, 2.45) is 0 Å². The van der Waals surface area contributed by atoms with Crippen molar-refractivity contribution in [3.05, 3.63) is 46.9 Å². The third-order valence-electron chi connectivity index (χ3n) is 4.01. The first-order valence-electron chi connectivity index (χ1n) is 8.34. The van der Waals surface area contributed by atoms with Crippen LogP contribution in [0.3, 0.4) is 0 Å². The second-order valence-electron chi connectivity index (χ2n) is 5.77. The van der Waals surface area contributed by atoms with Crippen LogP contribution < -0.4 is 19.7 Å². The van der Waals surface area contributed by atoms with Crippen molar-refractivity contribution in [1.29, 1.82) is 0 Å². The van der Waals surface area contributed by atoms with E-state index in [0.717, 1.165) is 34.7 Å². The molecule has 1 aliphatic heterocycles. The predicted molar refractivity (Wildman–Crippen MR) is 104 cm³/mol. The molecule has 0 unspecified atom stereocenters. The standard InChI is InChI=1S/C19H21BrN2O4/c1-24-15-3-5-16(6-4-15)26-13-19(23)21-17-12-14(20)2-7-18(17)22-8-10-25-11-9-22/h2-7,12H,8-11,13H2,1H3,(H,21,23). The maximum absolute atomic E-state index is 12.3. The second kappa shape index (κ2) is 8.91. The monoisotopic (exact) mass is 420 g/mol. The number of rotatable bonds is 6. The smallest absolute Gasteiger partial charge is 0.262 e. The molecule has 0 aromatic heterocycles. The van der Waals surface area contributed by atoms with Crippen LogP contribution in [0, 0.1) is 0 Å². The summed E-state index contributed by atoms with van der Waals surface area (Å²) in [6.07, 6.45) is 0. The van der Waals surface area contributed by atoms with E-state index in [1.807, 2.05) is 18.2 Å². The summed E-state index contributed by atoms with van der Waals surface area (Å²) < 4.78 is 17.0.